The van der Waals surface area contributed by atoms with Gasteiger partial charge in [-0.25, -0.2) is 4.98 Å². The van der Waals surface area contributed by atoms with Gasteiger partial charge < -0.3 is 10.4 Å². The van der Waals surface area contributed by atoms with Crippen LogP contribution in [0.3, 0.4) is 0 Å². The predicted molar refractivity (Wildman–Crippen MR) is 113 cm³/mol. The molecule has 0 fully saturated rings. The standard InChI is InChI=1S/C22H34N2OS/c1-13(2)18(23-9)20-24-17(12-26-20)14-10-15(21(3,4)5)19(25)16(11-14)22(6,7)8/h10-13,18,23,25H,1-9H3. The van der Waals surface area contributed by atoms with Crippen LogP contribution >= 0.6 is 11.3 Å². The second-order valence-corrected chi connectivity index (χ2v) is 10.4. The monoisotopic (exact) mass is 374 g/mol. The lowest BCUT2D eigenvalue weighted by Gasteiger charge is -2.28. The summed E-state index contributed by atoms with van der Waals surface area (Å²) in [5.41, 5.74) is 3.75. The van der Waals surface area contributed by atoms with Gasteiger partial charge in [0, 0.05) is 22.1 Å². The highest BCUT2D eigenvalue weighted by molar-refractivity contribution is 7.10. The van der Waals surface area contributed by atoms with E-state index in [0.717, 1.165) is 27.4 Å². The number of benzene rings is 1. The molecule has 3 nitrogen and oxygen atoms in total. The summed E-state index contributed by atoms with van der Waals surface area (Å²) in [4.78, 5) is 4.92. The second-order valence-electron chi connectivity index (χ2n) is 9.50. The van der Waals surface area contributed by atoms with Gasteiger partial charge in [-0.15, -0.1) is 11.3 Å². The summed E-state index contributed by atoms with van der Waals surface area (Å²) in [6, 6.07) is 4.47. The third-order valence-corrected chi connectivity index (χ3v) is 5.72. The lowest BCUT2D eigenvalue weighted by atomic mass is 9.78. The van der Waals surface area contributed by atoms with Crippen molar-refractivity contribution in [3.8, 4) is 17.0 Å². The predicted octanol–water partition coefficient (Wildman–Crippen LogP) is 6.03. The van der Waals surface area contributed by atoms with Crippen LogP contribution in [0.15, 0.2) is 17.5 Å². The first kappa shape index (κ1) is 20.9. The number of rotatable bonds is 4. The number of phenolic OH excluding ortho intramolecular Hbond substituents is 1. The Bertz CT molecular complexity index is 728. The third-order valence-electron chi connectivity index (χ3n) is 4.79. The second kappa shape index (κ2) is 7.32. The van der Waals surface area contributed by atoms with Crippen molar-refractivity contribution in [3.63, 3.8) is 0 Å². The Kier molecular flexibility index (Phi) is 5.89. The molecular formula is C22H34N2OS. The Hall–Kier alpha value is -1.39. The third kappa shape index (κ3) is 4.29. The van der Waals surface area contributed by atoms with Gasteiger partial charge in [-0.1, -0.05) is 55.4 Å². The Labute approximate surface area is 162 Å². The van der Waals surface area contributed by atoms with Gasteiger partial charge in [0.05, 0.1) is 11.7 Å². The molecule has 0 saturated heterocycles. The van der Waals surface area contributed by atoms with Crippen LogP contribution in [-0.2, 0) is 10.8 Å². The number of phenols is 1. The molecule has 0 bridgehead atoms. The van der Waals surface area contributed by atoms with E-state index in [9.17, 15) is 5.11 Å². The lowest BCUT2D eigenvalue weighted by molar-refractivity contribution is 0.423. The van der Waals surface area contributed by atoms with Crippen molar-refractivity contribution in [1.82, 2.24) is 10.3 Å². The van der Waals surface area contributed by atoms with E-state index >= 15 is 0 Å². The van der Waals surface area contributed by atoms with Gasteiger partial charge in [-0.3, -0.25) is 0 Å². The Morgan fingerprint density at radius 1 is 1.00 bits per heavy atom. The van der Waals surface area contributed by atoms with Crippen molar-refractivity contribution in [2.75, 3.05) is 7.05 Å². The fourth-order valence-corrected chi connectivity index (χ4v) is 4.34. The molecule has 0 radical (unpaired) electrons. The van der Waals surface area contributed by atoms with Gasteiger partial charge in [0.2, 0.25) is 0 Å². The van der Waals surface area contributed by atoms with Crippen LogP contribution in [0, 0.1) is 5.92 Å². The van der Waals surface area contributed by atoms with Crippen LogP contribution in [-0.4, -0.2) is 17.1 Å². The zero-order valence-corrected chi connectivity index (χ0v) is 18.5. The Morgan fingerprint density at radius 3 is 1.88 bits per heavy atom. The first-order valence-electron chi connectivity index (χ1n) is 9.37. The van der Waals surface area contributed by atoms with Crippen molar-refractivity contribution in [2.24, 2.45) is 5.92 Å². The molecule has 0 aliphatic carbocycles. The molecular weight excluding hydrogens is 340 g/mol. The quantitative estimate of drug-likeness (QED) is 0.687. The molecule has 1 heterocycles. The van der Waals surface area contributed by atoms with Gasteiger partial charge in [-0.05, 0) is 35.9 Å². The molecule has 1 atom stereocenters. The highest BCUT2D eigenvalue weighted by Crippen LogP contribution is 2.42. The molecule has 2 N–H and O–H groups in total. The number of nitrogens with zero attached hydrogens (tertiary/aromatic N) is 1. The largest absolute Gasteiger partial charge is 0.507 e. The summed E-state index contributed by atoms with van der Waals surface area (Å²) >= 11 is 1.70. The van der Waals surface area contributed by atoms with E-state index in [1.807, 2.05) is 7.05 Å². The maximum Gasteiger partial charge on any atom is 0.123 e. The van der Waals surface area contributed by atoms with Crippen LogP contribution in [0.4, 0.5) is 0 Å². The van der Waals surface area contributed by atoms with Crippen molar-refractivity contribution < 1.29 is 5.11 Å². The van der Waals surface area contributed by atoms with Crippen LogP contribution in [0.25, 0.3) is 11.3 Å². The summed E-state index contributed by atoms with van der Waals surface area (Å²) in [5, 5.41) is 17.5. The van der Waals surface area contributed by atoms with E-state index < -0.39 is 0 Å². The van der Waals surface area contributed by atoms with Crippen LogP contribution in [0.1, 0.15) is 77.6 Å². The minimum atomic E-state index is -0.135. The van der Waals surface area contributed by atoms with Gasteiger partial charge >= 0.3 is 0 Å². The van der Waals surface area contributed by atoms with E-state index in [2.05, 4.69) is 78.2 Å². The fourth-order valence-electron chi connectivity index (χ4n) is 3.23. The summed E-state index contributed by atoms with van der Waals surface area (Å²) in [5.74, 6) is 0.897. The molecule has 0 saturated carbocycles. The molecule has 0 aliphatic rings. The fraction of sp³-hybridized carbons (Fsp3) is 0.591. The number of nitrogens with one attached hydrogen (secondary N) is 1. The molecule has 2 rings (SSSR count). The lowest BCUT2D eigenvalue weighted by Crippen LogP contribution is -2.21. The first-order valence-corrected chi connectivity index (χ1v) is 10.2. The molecule has 26 heavy (non-hydrogen) atoms. The normalized spacial score (nSPS) is 14.1. The Morgan fingerprint density at radius 2 is 1.50 bits per heavy atom. The maximum atomic E-state index is 10.9. The molecule has 144 valence electrons. The molecule has 0 amide bonds. The highest BCUT2D eigenvalue weighted by Gasteiger charge is 2.27. The average molecular weight is 375 g/mol. The van der Waals surface area contributed by atoms with Crippen LogP contribution in [0.2, 0.25) is 0 Å². The Balaban J connectivity index is 2.62. The van der Waals surface area contributed by atoms with E-state index in [1.165, 1.54) is 0 Å². The number of aromatic nitrogens is 1. The van der Waals surface area contributed by atoms with Crippen molar-refractivity contribution >= 4 is 11.3 Å². The molecule has 1 unspecified atom stereocenters. The zero-order chi connectivity index (χ0) is 19.9. The smallest absolute Gasteiger partial charge is 0.123 e. The van der Waals surface area contributed by atoms with Crippen molar-refractivity contribution in [3.05, 3.63) is 33.6 Å². The summed E-state index contributed by atoms with van der Waals surface area (Å²) in [6.07, 6.45) is 0. The van der Waals surface area contributed by atoms with E-state index in [-0.39, 0.29) is 16.9 Å². The molecule has 1 aromatic carbocycles. The number of hydrogen-bond donors (Lipinski definition) is 2. The number of aromatic hydroxyl groups is 1. The molecule has 0 aliphatic heterocycles. The van der Waals surface area contributed by atoms with Gasteiger partial charge in [0.25, 0.3) is 0 Å². The topological polar surface area (TPSA) is 45.2 Å². The van der Waals surface area contributed by atoms with Gasteiger partial charge in [0.1, 0.15) is 10.8 Å². The van der Waals surface area contributed by atoms with Crippen molar-refractivity contribution in [2.45, 2.75) is 72.3 Å². The molecule has 0 spiro atoms. The number of thiazole rings is 1. The zero-order valence-electron chi connectivity index (χ0n) is 17.7. The maximum absolute atomic E-state index is 10.9. The minimum Gasteiger partial charge on any atom is -0.507 e. The molecule has 2 aromatic rings. The summed E-state index contributed by atoms with van der Waals surface area (Å²) < 4.78 is 0. The minimum absolute atomic E-state index is 0.135. The van der Waals surface area contributed by atoms with E-state index in [0.29, 0.717) is 11.7 Å². The van der Waals surface area contributed by atoms with Crippen LogP contribution < -0.4 is 5.32 Å². The summed E-state index contributed by atoms with van der Waals surface area (Å²) in [7, 11) is 1.99. The van der Waals surface area contributed by atoms with Crippen LogP contribution in [0.5, 0.6) is 5.75 Å². The van der Waals surface area contributed by atoms with E-state index in [1.54, 1.807) is 11.3 Å². The molecule has 1 aromatic heterocycles. The van der Waals surface area contributed by atoms with Gasteiger partial charge in [-0.2, -0.15) is 0 Å². The summed E-state index contributed by atoms with van der Waals surface area (Å²) in [6.45, 7) is 17.2. The highest BCUT2D eigenvalue weighted by atomic mass is 32.1. The first-order chi connectivity index (χ1) is 11.9. The van der Waals surface area contributed by atoms with Gasteiger partial charge in [0.15, 0.2) is 0 Å². The number of hydrogen-bond acceptors (Lipinski definition) is 4. The average Bonchev–Trinajstić information content (AvgIpc) is 2.94. The van der Waals surface area contributed by atoms with E-state index in [4.69, 9.17) is 4.98 Å². The van der Waals surface area contributed by atoms with Crippen molar-refractivity contribution in [1.29, 1.82) is 0 Å². The SMILES string of the molecule is CNC(c1nc(-c2cc(C(C)(C)C)c(O)c(C(C)(C)C)c2)cs1)C(C)C. The molecule has 4 heteroatoms.